The van der Waals surface area contributed by atoms with Crippen LogP contribution in [0.5, 0.6) is 11.5 Å². The van der Waals surface area contributed by atoms with E-state index in [0.717, 1.165) is 5.56 Å². The Morgan fingerprint density at radius 1 is 1.10 bits per heavy atom. The molecule has 3 amide bonds. The minimum absolute atomic E-state index is 0.0511. The Morgan fingerprint density at radius 3 is 2.48 bits per heavy atom. The Balaban J connectivity index is 1.46. The van der Waals surface area contributed by atoms with E-state index in [1.165, 1.54) is 0 Å². The van der Waals surface area contributed by atoms with Crippen LogP contribution < -0.4 is 31.2 Å². The predicted octanol–water partition coefficient (Wildman–Crippen LogP) is 1.74. The highest BCUT2D eigenvalue weighted by atomic mass is 16.6. The van der Waals surface area contributed by atoms with Gasteiger partial charge in [-0.2, -0.15) is 0 Å². The molecule has 1 aliphatic rings. The Morgan fingerprint density at radius 2 is 1.79 bits per heavy atom. The molecule has 0 bridgehead atoms. The largest absolute Gasteiger partial charge is 0.486 e. The van der Waals surface area contributed by atoms with Crippen LogP contribution in [0.2, 0.25) is 0 Å². The molecule has 1 aliphatic heterocycles. The number of benzene rings is 2. The molecule has 1 heterocycles. The summed E-state index contributed by atoms with van der Waals surface area (Å²) in [7, 11) is 0. The monoisotopic (exact) mass is 397 g/mol. The van der Waals surface area contributed by atoms with E-state index in [-0.39, 0.29) is 24.3 Å². The van der Waals surface area contributed by atoms with Crippen molar-refractivity contribution in [3.63, 3.8) is 0 Å². The van der Waals surface area contributed by atoms with Crippen molar-refractivity contribution in [2.45, 2.75) is 13.0 Å². The number of ether oxygens (including phenoxy) is 2. The summed E-state index contributed by atoms with van der Waals surface area (Å²) in [5.74, 6) is 0.968. The molecule has 0 spiro atoms. The third-order valence-electron chi connectivity index (χ3n) is 4.31. The molecule has 0 saturated carbocycles. The lowest BCUT2D eigenvalue weighted by molar-refractivity contribution is -0.120. The van der Waals surface area contributed by atoms with Gasteiger partial charge in [0, 0.05) is 11.3 Å². The lowest BCUT2D eigenvalue weighted by Crippen LogP contribution is -2.39. The lowest BCUT2D eigenvalue weighted by Gasteiger charge is -2.21. The third kappa shape index (κ3) is 5.38. The van der Waals surface area contributed by atoms with Gasteiger partial charge in [0.2, 0.25) is 5.91 Å². The van der Waals surface area contributed by atoms with Crippen LogP contribution in [0.4, 0.5) is 10.5 Å². The standard InChI is InChI=1S/C20H23N5O4/c1-12(14-4-7-16-17(10-14)29-9-8-28-16)24-18(26)11-23-20(27)25-15-5-2-13(3-6-15)19(21)22/h2-7,10,12H,8-9,11H2,1H3,(H3,21,22)(H,24,26)(H2,23,25,27)/t12-/m0/s1. The summed E-state index contributed by atoms with van der Waals surface area (Å²) in [5.41, 5.74) is 7.34. The van der Waals surface area contributed by atoms with Crippen LogP contribution >= 0.6 is 0 Å². The summed E-state index contributed by atoms with van der Waals surface area (Å²) in [6, 6.07) is 11.2. The van der Waals surface area contributed by atoms with E-state index in [9.17, 15) is 9.59 Å². The van der Waals surface area contributed by atoms with Crippen molar-refractivity contribution in [2.75, 3.05) is 25.1 Å². The van der Waals surface area contributed by atoms with Crippen molar-refractivity contribution < 1.29 is 19.1 Å². The number of nitrogens with one attached hydrogen (secondary N) is 4. The number of fused-ring (bicyclic) bond motifs is 1. The van der Waals surface area contributed by atoms with Crippen LogP contribution in [-0.4, -0.2) is 37.5 Å². The van der Waals surface area contributed by atoms with Crippen molar-refractivity contribution in [1.29, 1.82) is 5.41 Å². The summed E-state index contributed by atoms with van der Waals surface area (Å²) in [5, 5.41) is 15.3. The molecule has 3 rings (SSSR count). The number of nitrogens with two attached hydrogens (primary N) is 1. The zero-order valence-electron chi connectivity index (χ0n) is 16.0. The van der Waals surface area contributed by atoms with Gasteiger partial charge in [-0.3, -0.25) is 10.2 Å². The van der Waals surface area contributed by atoms with E-state index in [2.05, 4.69) is 16.0 Å². The van der Waals surface area contributed by atoms with Gasteiger partial charge in [0.15, 0.2) is 11.5 Å². The quantitative estimate of drug-likeness (QED) is 0.373. The Kier molecular flexibility index (Phi) is 6.18. The molecule has 0 fully saturated rings. The molecule has 0 aromatic heterocycles. The second-order valence-electron chi connectivity index (χ2n) is 6.49. The highest BCUT2D eigenvalue weighted by molar-refractivity contribution is 5.96. The van der Waals surface area contributed by atoms with Gasteiger partial charge in [0.25, 0.3) is 0 Å². The first-order valence-corrected chi connectivity index (χ1v) is 9.10. The maximum atomic E-state index is 12.1. The van der Waals surface area contributed by atoms with E-state index < -0.39 is 6.03 Å². The highest BCUT2D eigenvalue weighted by Gasteiger charge is 2.16. The normalized spacial score (nSPS) is 13.1. The lowest BCUT2D eigenvalue weighted by atomic mass is 10.1. The first kappa shape index (κ1) is 20.0. The molecule has 152 valence electrons. The fraction of sp³-hybridized carbons (Fsp3) is 0.250. The molecule has 0 saturated heterocycles. The van der Waals surface area contributed by atoms with Crippen molar-refractivity contribution in [3.05, 3.63) is 53.6 Å². The maximum Gasteiger partial charge on any atom is 0.319 e. The van der Waals surface area contributed by atoms with Crippen LogP contribution in [0, 0.1) is 5.41 Å². The van der Waals surface area contributed by atoms with Gasteiger partial charge in [-0.25, -0.2) is 4.79 Å². The van der Waals surface area contributed by atoms with Crippen LogP contribution in [0.25, 0.3) is 0 Å². The van der Waals surface area contributed by atoms with Crippen molar-refractivity contribution in [1.82, 2.24) is 10.6 Å². The van der Waals surface area contributed by atoms with Gasteiger partial charge in [-0.15, -0.1) is 0 Å². The van der Waals surface area contributed by atoms with Gasteiger partial charge in [0.05, 0.1) is 12.6 Å². The van der Waals surface area contributed by atoms with Gasteiger partial charge < -0.3 is 31.2 Å². The van der Waals surface area contributed by atoms with Crippen LogP contribution in [0.3, 0.4) is 0 Å². The van der Waals surface area contributed by atoms with Crippen molar-refractivity contribution in [2.24, 2.45) is 5.73 Å². The maximum absolute atomic E-state index is 12.1. The molecule has 9 nitrogen and oxygen atoms in total. The molecule has 0 unspecified atom stereocenters. The number of carbonyl (C=O) groups excluding carboxylic acids is 2. The van der Waals surface area contributed by atoms with Gasteiger partial charge in [-0.1, -0.05) is 6.07 Å². The Labute approximate surface area is 168 Å². The zero-order chi connectivity index (χ0) is 20.8. The number of nitrogen functional groups attached to an aromatic ring is 1. The second-order valence-corrected chi connectivity index (χ2v) is 6.49. The van der Waals surface area contributed by atoms with Crippen LogP contribution in [-0.2, 0) is 4.79 Å². The summed E-state index contributed by atoms with van der Waals surface area (Å²) < 4.78 is 11.0. The van der Waals surface area contributed by atoms with E-state index in [4.69, 9.17) is 20.6 Å². The molecule has 29 heavy (non-hydrogen) atoms. The summed E-state index contributed by atoms with van der Waals surface area (Å²) in [6.07, 6.45) is 0. The zero-order valence-corrected chi connectivity index (χ0v) is 16.0. The Bertz CT molecular complexity index is 914. The van der Waals surface area contributed by atoms with Crippen molar-refractivity contribution >= 4 is 23.5 Å². The molecule has 2 aromatic rings. The molecule has 2 aromatic carbocycles. The number of urea groups is 1. The third-order valence-corrected chi connectivity index (χ3v) is 4.31. The average Bonchev–Trinajstić information content (AvgIpc) is 2.72. The molecule has 6 N–H and O–H groups in total. The average molecular weight is 397 g/mol. The topological polar surface area (TPSA) is 139 Å². The summed E-state index contributed by atoms with van der Waals surface area (Å²) in [6.45, 7) is 2.69. The number of rotatable bonds is 6. The number of amides is 3. The van der Waals surface area contributed by atoms with E-state index in [1.54, 1.807) is 24.3 Å². The van der Waals surface area contributed by atoms with Gasteiger partial charge in [0.1, 0.15) is 19.0 Å². The fourth-order valence-electron chi connectivity index (χ4n) is 2.77. The molecule has 9 heteroatoms. The van der Waals surface area contributed by atoms with E-state index in [1.807, 2.05) is 25.1 Å². The fourth-order valence-corrected chi connectivity index (χ4v) is 2.77. The minimum atomic E-state index is -0.511. The smallest absolute Gasteiger partial charge is 0.319 e. The Hall–Kier alpha value is -3.75. The highest BCUT2D eigenvalue weighted by Crippen LogP contribution is 2.32. The number of amidine groups is 1. The number of hydrogen-bond donors (Lipinski definition) is 5. The van der Waals surface area contributed by atoms with Gasteiger partial charge in [-0.05, 0) is 48.9 Å². The number of carbonyl (C=O) groups is 2. The van der Waals surface area contributed by atoms with Crippen molar-refractivity contribution in [3.8, 4) is 11.5 Å². The molecule has 1 atom stereocenters. The summed E-state index contributed by atoms with van der Waals surface area (Å²) in [4.78, 5) is 24.1. The van der Waals surface area contributed by atoms with Crippen LogP contribution in [0.15, 0.2) is 42.5 Å². The number of anilines is 1. The van der Waals surface area contributed by atoms with Crippen LogP contribution in [0.1, 0.15) is 24.1 Å². The summed E-state index contributed by atoms with van der Waals surface area (Å²) >= 11 is 0. The first-order chi connectivity index (χ1) is 13.9. The van der Waals surface area contributed by atoms with Gasteiger partial charge >= 0.3 is 6.03 Å². The SMILES string of the molecule is C[C@H](NC(=O)CNC(=O)Nc1ccc(C(=N)N)cc1)c1ccc2c(c1)OCCO2. The van der Waals surface area contributed by atoms with E-state index >= 15 is 0 Å². The molecule has 0 aliphatic carbocycles. The predicted molar refractivity (Wildman–Crippen MR) is 108 cm³/mol. The second kappa shape index (κ2) is 8.96. The number of hydrogen-bond acceptors (Lipinski definition) is 5. The molecular formula is C20H23N5O4. The molecule has 0 radical (unpaired) electrons. The molecular weight excluding hydrogens is 374 g/mol. The van der Waals surface area contributed by atoms with E-state index in [0.29, 0.717) is 36.0 Å². The minimum Gasteiger partial charge on any atom is -0.486 e. The first-order valence-electron chi connectivity index (χ1n) is 9.10.